The van der Waals surface area contributed by atoms with Crippen LogP contribution in [0.2, 0.25) is 0 Å². The van der Waals surface area contributed by atoms with Crippen LogP contribution in [0.4, 0.5) is 0 Å². The summed E-state index contributed by atoms with van der Waals surface area (Å²) in [6, 6.07) is 5.67. The van der Waals surface area contributed by atoms with Gasteiger partial charge in [-0.15, -0.1) is 0 Å². The van der Waals surface area contributed by atoms with Gasteiger partial charge in [0, 0.05) is 21.4 Å². The lowest BCUT2D eigenvalue weighted by atomic mass is 9.99. The van der Waals surface area contributed by atoms with Crippen molar-refractivity contribution in [1.29, 1.82) is 0 Å². The Morgan fingerprint density at radius 3 is 2.47 bits per heavy atom. The van der Waals surface area contributed by atoms with Crippen molar-refractivity contribution < 1.29 is 4.79 Å². The number of alkyl halides is 1. The minimum Gasteiger partial charge on any atom is -0.351 e. The second-order valence-electron chi connectivity index (χ2n) is 4.77. The standard InChI is InChI=1S/C15H21Br2NO/c1-4-11(5-2)14(17)9-18-15(19)12-7-6-10(3)13(16)8-12/h6-8,11,14H,4-5,9H2,1-3H3,(H,18,19). The molecule has 0 aliphatic heterocycles. The number of hydrogen-bond acceptors (Lipinski definition) is 1. The zero-order valence-corrected chi connectivity index (χ0v) is 14.8. The molecular weight excluding hydrogens is 370 g/mol. The maximum Gasteiger partial charge on any atom is 0.251 e. The average molecular weight is 391 g/mol. The molecule has 0 spiro atoms. The molecule has 1 aromatic rings. The van der Waals surface area contributed by atoms with Crippen LogP contribution in [-0.2, 0) is 0 Å². The van der Waals surface area contributed by atoms with E-state index in [1.165, 1.54) is 0 Å². The smallest absolute Gasteiger partial charge is 0.251 e. The highest BCUT2D eigenvalue weighted by atomic mass is 79.9. The molecule has 1 N–H and O–H groups in total. The number of hydrogen-bond donors (Lipinski definition) is 1. The number of carbonyl (C=O) groups is 1. The van der Waals surface area contributed by atoms with Crippen LogP contribution in [0.1, 0.15) is 42.6 Å². The minimum absolute atomic E-state index is 0.0175. The molecule has 0 saturated carbocycles. The number of amides is 1. The molecule has 0 heterocycles. The van der Waals surface area contributed by atoms with Gasteiger partial charge in [-0.3, -0.25) is 4.79 Å². The van der Waals surface area contributed by atoms with Gasteiger partial charge in [-0.2, -0.15) is 0 Å². The number of nitrogens with one attached hydrogen (secondary N) is 1. The third kappa shape index (κ3) is 4.92. The summed E-state index contributed by atoms with van der Waals surface area (Å²) in [5.74, 6) is 0.584. The summed E-state index contributed by atoms with van der Waals surface area (Å²) < 4.78 is 0.968. The number of aryl methyl sites for hydroxylation is 1. The molecule has 4 heteroatoms. The molecule has 1 aromatic carbocycles. The Kier molecular flexibility index (Phi) is 7.08. The Bertz CT molecular complexity index is 430. The molecule has 1 unspecified atom stereocenters. The molecule has 1 amide bonds. The molecule has 1 rings (SSSR count). The molecule has 0 aliphatic carbocycles. The molecule has 2 nitrogen and oxygen atoms in total. The quantitative estimate of drug-likeness (QED) is 0.701. The molecule has 0 aromatic heterocycles. The lowest BCUT2D eigenvalue weighted by Crippen LogP contribution is -2.32. The maximum atomic E-state index is 12.1. The summed E-state index contributed by atoms with van der Waals surface area (Å²) in [6.45, 7) is 7.03. The summed E-state index contributed by atoms with van der Waals surface area (Å²) >= 11 is 7.12. The van der Waals surface area contributed by atoms with Crippen LogP contribution in [0.25, 0.3) is 0 Å². The van der Waals surface area contributed by atoms with Crippen molar-refractivity contribution in [2.45, 2.75) is 38.4 Å². The van der Waals surface area contributed by atoms with E-state index < -0.39 is 0 Å². The van der Waals surface area contributed by atoms with Crippen LogP contribution >= 0.6 is 31.9 Å². The molecule has 106 valence electrons. The molecule has 0 bridgehead atoms. The topological polar surface area (TPSA) is 29.1 Å². The summed E-state index contributed by atoms with van der Waals surface area (Å²) in [5, 5.41) is 2.99. The Labute approximate surface area is 132 Å². The van der Waals surface area contributed by atoms with Gasteiger partial charge in [0.1, 0.15) is 0 Å². The van der Waals surface area contributed by atoms with Gasteiger partial charge < -0.3 is 5.32 Å². The predicted molar refractivity (Wildman–Crippen MR) is 88.0 cm³/mol. The third-order valence-corrected chi connectivity index (χ3v) is 5.38. The molecule has 19 heavy (non-hydrogen) atoms. The third-order valence-electron chi connectivity index (χ3n) is 3.45. The van der Waals surface area contributed by atoms with Gasteiger partial charge in [0.25, 0.3) is 5.91 Å². The van der Waals surface area contributed by atoms with Gasteiger partial charge in [0.05, 0.1) is 0 Å². The molecular formula is C15H21Br2NO. The van der Waals surface area contributed by atoms with Crippen molar-refractivity contribution >= 4 is 37.8 Å². The van der Waals surface area contributed by atoms with Crippen LogP contribution in [-0.4, -0.2) is 17.3 Å². The van der Waals surface area contributed by atoms with E-state index in [4.69, 9.17) is 0 Å². The van der Waals surface area contributed by atoms with Gasteiger partial charge >= 0.3 is 0 Å². The van der Waals surface area contributed by atoms with E-state index in [0.29, 0.717) is 22.9 Å². The van der Waals surface area contributed by atoms with Crippen LogP contribution in [0, 0.1) is 12.8 Å². The van der Waals surface area contributed by atoms with Crippen molar-refractivity contribution in [3.63, 3.8) is 0 Å². The van der Waals surface area contributed by atoms with Crippen LogP contribution < -0.4 is 5.32 Å². The first kappa shape index (κ1) is 16.7. The second kappa shape index (κ2) is 8.05. The molecule has 0 fully saturated rings. The zero-order chi connectivity index (χ0) is 14.4. The number of halogens is 2. The van der Waals surface area contributed by atoms with E-state index in [9.17, 15) is 4.79 Å². The predicted octanol–water partition coefficient (Wildman–Crippen LogP) is 4.69. The van der Waals surface area contributed by atoms with E-state index >= 15 is 0 Å². The SMILES string of the molecule is CCC(CC)C(Br)CNC(=O)c1ccc(C)c(Br)c1. The second-order valence-corrected chi connectivity index (χ2v) is 6.80. The van der Waals surface area contributed by atoms with E-state index in [0.717, 1.165) is 22.9 Å². The Morgan fingerprint density at radius 1 is 1.32 bits per heavy atom. The number of benzene rings is 1. The van der Waals surface area contributed by atoms with Crippen LogP contribution in [0.5, 0.6) is 0 Å². The van der Waals surface area contributed by atoms with Crippen molar-refractivity contribution in [3.05, 3.63) is 33.8 Å². The fourth-order valence-corrected chi connectivity index (χ4v) is 3.28. The largest absolute Gasteiger partial charge is 0.351 e. The van der Waals surface area contributed by atoms with Crippen molar-refractivity contribution in [2.24, 2.45) is 5.92 Å². The number of rotatable bonds is 6. The molecule has 1 atom stereocenters. The highest BCUT2D eigenvalue weighted by molar-refractivity contribution is 9.10. The van der Waals surface area contributed by atoms with Gasteiger partial charge in [0.15, 0.2) is 0 Å². The normalized spacial score (nSPS) is 12.5. The average Bonchev–Trinajstić information content (AvgIpc) is 2.40. The first-order valence-electron chi connectivity index (χ1n) is 6.68. The Balaban J connectivity index is 2.58. The lowest BCUT2D eigenvalue weighted by Gasteiger charge is -2.20. The summed E-state index contributed by atoms with van der Waals surface area (Å²) in [5.41, 5.74) is 1.83. The fourth-order valence-electron chi connectivity index (χ4n) is 1.99. The van der Waals surface area contributed by atoms with Crippen molar-refractivity contribution in [2.75, 3.05) is 6.54 Å². The molecule has 0 aliphatic rings. The maximum absolute atomic E-state index is 12.1. The summed E-state index contributed by atoms with van der Waals surface area (Å²) in [7, 11) is 0. The van der Waals surface area contributed by atoms with E-state index in [1.807, 2.05) is 25.1 Å². The van der Waals surface area contributed by atoms with Gasteiger partial charge in [-0.1, -0.05) is 64.6 Å². The first-order valence-corrected chi connectivity index (χ1v) is 8.38. The van der Waals surface area contributed by atoms with Gasteiger partial charge in [0.2, 0.25) is 0 Å². The Hall–Kier alpha value is -0.350. The number of carbonyl (C=O) groups excluding carboxylic acids is 1. The zero-order valence-electron chi connectivity index (χ0n) is 11.7. The highest BCUT2D eigenvalue weighted by Gasteiger charge is 2.16. The van der Waals surface area contributed by atoms with Crippen LogP contribution in [0.15, 0.2) is 22.7 Å². The van der Waals surface area contributed by atoms with Crippen molar-refractivity contribution in [1.82, 2.24) is 5.32 Å². The van der Waals surface area contributed by atoms with Crippen LogP contribution in [0.3, 0.4) is 0 Å². The summed E-state index contributed by atoms with van der Waals surface area (Å²) in [6.07, 6.45) is 2.25. The summed E-state index contributed by atoms with van der Waals surface area (Å²) in [4.78, 5) is 12.4. The fraction of sp³-hybridized carbons (Fsp3) is 0.533. The minimum atomic E-state index is -0.0175. The van der Waals surface area contributed by atoms with E-state index in [2.05, 4.69) is 51.0 Å². The van der Waals surface area contributed by atoms with E-state index in [1.54, 1.807) is 0 Å². The first-order chi connectivity index (χ1) is 8.99. The Morgan fingerprint density at radius 2 is 1.95 bits per heavy atom. The molecule has 0 saturated heterocycles. The van der Waals surface area contributed by atoms with E-state index in [-0.39, 0.29) is 5.91 Å². The molecule has 0 radical (unpaired) electrons. The van der Waals surface area contributed by atoms with Gasteiger partial charge in [-0.05, 0) is 30.5 Å². The highest BCUT2D eigenvalue weighted by Crippen LogP contribution is 2.20. The lowest BCUT2D eigenvalue weighted by molar-refractivity contribution is 0.0952. The monoisotopic (exact) mass is 389 g/mol. The van der Waals surface area contributed by atoms with Gasteiger partial charge in [-0.25, -0.2) is 0 Å². The van der Waals surface area contributed by atoms with Crippen molar-refractivity contribution in [3.8, 4) is 0 Å².